The van der Waals surface area contributed by atoms with Gasteiger partial charge in [0.15, 0.2) is 0 Å². The first-order valence-electron chi connectivity index (χ1n) is 2.68. The molecule has 0 aromatic heterocycles. The van der Waals surface area contributed by atoms with E-state index in [-0.39, 0.29) is 5.75 Å². The number of para-hydroxylation sites is 1. The minimum atomic E-state index is -0.00231. The third-order valence-electron chi connectivity index (χ3n) is 1.14. The quantitative estimate of drug-likeness (QED) is 0.679. The summed E-state index contributed by atoms with van der Waals surface area (Å²) in [6.45, 7) is 0. The molecular weight excluding hydrogens is 195 g/mol. The van der Waals surface area contributed by atoms with Crippen molar-refractivity contribution in [2.24, 2.45) is 0 Å². The fourth-order valence-electron chi connectivity index (χ4n) is 0.627. The summed E-state index contributed by atoms with van der Waals surface area (Å²) in [4.78, 5) is 0. The Bertz CT molecular complexity index is 262. The molecule has 0 atom stereocenters. The number of rotatable bonds is 1. The first-order valence-corrected chi connectivity index (χ1v) is 3.47. The van der Waals surface area contributed by atoms with E-state index >= 15 is 0 Å². The summed E-state index contributed by atoms with van der Waals surface area (Å²) in [5.41, 5.74) is 0.300. The Morgan fingerprint density at radius 1 is 1.50 bits per heavy atom. The molecular formula is C6H4BBrO2. The summed E-state index contributed by atoms with van der Waals surface area (Å²) in [7, 11) is 0.611. The number of hydrogen-bond donors (Lipinski definition) is 1. The Labute approximate surface area is 67.3 Å². The Morgan fingerprint density at radius 2 is 2.20 bits per heavy atom. The van der Waals surface area contributed by atoms with Crippen LogP contribution in [0.5, 0.6) is 5.75 Å². The molecule has 1 aromatic rings. The van der Waals surface area contributed by atoms with Gasteiger partial charge in [0.2, 0.25) is 0 Å². The number of phenols is 1. The zero-order valence-corrected chi connectivity index (χ0v) is 6.63. The van der Waals surface area contributed by atoms with Gasteiger partial charge in [-0.15, -0.1) is 0 Å². The predicted molar refractivity (Wildman–Crippen MR) is 41.9 cm³/mol. The zero-order valence-electron chi connectivity index (χ0n) is 5.04. The molecule has 2 nitrogen and oxygen atoms in total. The van der Waals surface area contributed by atoms with Crippen molar-refractivity contribution in [1.29, 1.82) is 0 Å². The van der Waals surface area contributed by atoms with Crippen molar-refractivity contribution >= 4 is 28.5 Å². The van der Waals surface area contributed by atoms with Crippen LogP contribution in [0, 0.1) is 0 Å². The van der Waals surface area contributed by atoms with Gasteiger partial charge in [-0.05, 0) is 0 Å². The minimum absolute atomic E-state index is 0.00231. The van der Waals surface area contributed by atoms with Crippen molar-refractivity contribution in [1.82, 2.24) is 0 Å². The van der Waals surface area contributed by atoms with E-state index in [1.807, 2.05) is 0 Å². The summed E-state index contributed by atoms with van der Waals surface area (Å²) >= 11 is 3.08. The maximum atomic E-state index is 10.2. The van der Waals surface area contributed by atoms with Gasteiger partial charge in [0.05, 0.1) is 0 Å². The summed E-state index contributed by atoms with van der Waals surface area (Å²) in [5.74, 6) is -0.00231. The normalized spacial score (nSPS) is 8.90. The van der Waals surface area contributed by atoms with Crippen LogP contribution in [0.2, 0.25) is 0 Å². The molecule has 0 unspecified atom stereocenters. The molecule has 0 aliphatic heterocycles. The average molecular weight is 199 g/mol. The van der Waals surface area contributed by atoms with E-state index in [0.29, 0.717) is 17.1 Å². The second kappa shape index (κ2) is 2.97. The SMILES string of the molecule is O=Bc1cccc(Br)c1O. The molecule has 1 rings (SSSR count). The van der Waals surface area contributed by atoms with E-state index < -0.39 is 0 Å². The molecule has 1 N–H and O–H groups in total. The number of hydrogen-bond acceptors (Lipinski definition) is 2. The van der Waals surface area contributed by atoms with Crippen molar-refractivity contribution in [2.75, 3.05) is 0 Å². The Morgan fingerprint density at radius 3 is 2.70 bits per heavy atom. The van der Waals surface area contributed by atoms with Gasteiger partial charge in [-0.2, -0.15) is 0 Å². The van der Waals surface area contributed by atoms with Crippen LogP contribution in [-0.2, 0) is 4.70 Å². The first kappa shape index (κ1) is 7.47. The van der Waals surface area contributed by atoms with Gasteiger partial charge in [-0.25, -0.2) is 0 Å². The van der Waals surface area contributed by atoms with Crippen molar-refractivity contribution in [3.05, 3.63) is 22.7 Å². The number of phenolic OH excluding ortho intramolecular Hbond substituents is 1. The molecule has 0 amide bonds. The van der Waals surface area contributed by atoms with Crippen LogP contribution < -0.4 is 5.46 Å². The molecule has 0 radical (unpaired) electrons. The van der Waals surface area contributed by atoms with Gasteiger partial charge >= 0.3 is 66.8 Å². The van der Waals surface area contributed by atoms with Crippen molar-refractivity contribution in [3.63, 3.8) is 0 Å². The van der Waals surface area contributed by atoms with E-state index in [1.54, 1.807) is 18.2 Å². The standard InChI is InChI=1S/C6H4BBrO2/c8-5-3-1-2-4(7-10)6(5)9/h1-3,9H. The maximum absolute atomic E-state index is 10.2. The first-order chi connectivity index (χ1) is 4.75. The number of aromatic hydroxyl groups is 1. The second-order valence-corrected chi connectivity index (χ2v) is 2.65. The fourth-order valence-corrected chi connectivity index (χ4v) is 1.01. The molecule has 0 saturated heterocycles. The molecule has 1 aromatic carbocycles. The molecule has 0 aliphatic carbocycles. The van der Waals surface area contributed by atoms with E-state index in [0.717, 1.165) is 0 Å². The summed E-state index contributed by atoms with van der Waals surface area (Å²) in [5, 5.41) is 9.12. The van der Waals surface area contributed by atoms with Gasteiger partial charge in [0, 0.05) is 0 Å². The predicted octanol–water partition coefficient (Wildman–Crippen LogP) is 0.830. The molecule has 50 valence electrons. The molecule has 10 heavy (non-hydrogen) atoms. The van der Waals surface area contributed by atoms with Crippen LogP contribution in [0.3, 0.4) is 0 Å². The molecule has 0 spiro atoms. The van der Waals surface area contributed by atoms with Crippen LogP contribution in [0.1, 0.15) is 0 Å². The third-order valence-corrected chi connectivity index (χ3v) is 1.78. The van der Waals surface area contributed by atoms with Crippen LogP contribution in [0.4, 0.5) is 0 Å². The topological polar surface area (TPSA) is 37.3 Å². The monoisotopic (exact) mass is 198 g/mol. The van der Waals surface area contributed by atoms with Crippen molar-refractivity contribution in [2.45, 2.75) is 0 Å². The van der Waals surface area contributed by atoms with Gasteiger partial charge in [-0.1, -0.05) is 0 Å². The molecule has 4 heteroatoms. The second-order valence-electron chi connectivity index (χ2n) is 1.80. The van der Waals surface area contributed by atoms with Crippen LogP contribution >= 0.6 is 15.9 Å². The number of benzene rings is 1. The summed E-state index contributed by atoms with van der Waals surface area (Å²) in [6.07, 6.45) is 0. The molecule has 0 bridgehead atoms. The number of halogens is 1. The molecule has 0 saturated carbocycles. The fraction of sp³-hybridized carbons (Fsp3) is 0. The molecule has 0 aliphatic rings. The third kappa shape index (κ3) is 1.26. The van der Waals surface area contributed by atoms with E-state index in [4.69, 9.17) is 5.11 Å². The zero-order chi connectivity index (χ0) is 7.56. The van der Waals surface area contributed by atoms with Crippen molar-refractivity contribution in [3.8, 4) is 5.75 Å². The van der Waals surface area contributed by atoms with Gasteiger partial charge in [-0.3, -0.25) is 0 Å². The summed E-state index contributed by atoms with van der Waals surface area (Å²) in [6, 6.07) is 4.91. The Hall–Kier alpha value is -0.635. The van der Waals surface area contributed by atoms with Gasteiger partial charge in [0.1, 0.15) is 0 Å². The molecule has 0 fully saturated rings. The van der Waals surface area contributed by atoms with Crippen LogP contribution in [0.25, 0.3) is 0 Å². The summed E-state index contributed by atoms with van der Waals surface area (Å²) < 4.78 is 10.7. The molecule has 0 heterocycles. The van der Waals surface area contributed by atoms with Gasteiger partial charge in [0.25, 0.3) is 0 Å². The van der Waals surface area contributed by atoms with E-state index in [9.17, 15) is 4.70 Å². The van der Waals surface area contributed by atoms with Gasteiger partial charge < -0.3 is 0 Å². The van der Waals surface area contributed by atoms with E-state index in [2.05, 4.69) is 15.9 Å². The Kier molecular flexibility index (Phi) is 2.22. The van der Waals surface area contributed by atoms with Crippen LogP contribution in [-0.4, -0.2) is 12.3 Å². The van der Waals surface area contributed by atoms with Crippen molar-refractivity contribution < 1.29 is 9.81 Å². The van der Waals surface area contributed by atoms with E-state index in [1.165, 1.54) is 0 Å². The average Bonchev–Trinajstić information content (AvgIpc) is 1.95. The Balaban J connectivity index is 3.27. The van der Waals surface area contributed by atoms with Crippen LogP contribution in [0.15, 0.2) is 22.7 Å².